The second-order valence-corrected chi connectivity index (χ2v) is 5.86. The lowest BCUT2D eigenvalue weighted by Gasteiger charge is -2.30. The highest BCUT2D eigenvalue weighted by molar-refractivity contribution is 5.99. The lowest BCUT2D eigenvalue weighted by Crippen LogP contribution is -2.48. The summed E-state index contributed by atoms with van der Waals surface area (Å²) in [5, 5.41) is 0. The summed E-state index contributed by atoms with van der Waals surface area (Å²) in [5.41, 5.74) is 3.16. The molecule has 1 heterocycles. The predicted molar refractivity (Wildman–Crippen MR) is 84.4 cm³/mol. The van der Waals surface area contributed by atoms with Crippen LogP contribution >= 0.6 is 0 Å². The van der Waals surface area contributed by atoms with Crippen molar-refractivity contribution in [2.24, 2.45) is 0 Å². The monoisotopic (exact) mass is 288 g/mol. The Balaban J connectivity index is 2.22. The van der Waals surface area contributed by atoms with E-state index in [1.807, 2.05) is 32.9 Å². The second-order valence-electron chi connectivity index (χ2n) is 5.86. The fourth-order valence-electron chi connectivity index (χ4n) is 3.02. The third kappa shape index (κ3) is 3.26. The van der Waals surface area contributed by atoms with Crippen molar-refractivity contribution in [1.29, 1.82) is 0 Å². The standard InChI is InChI=1S/C17H24N2O2/c1-5-15(19-8-6-7-16(19)20)17(21)18(4)14-10-12(2)9-13(3)11-14/h9-11,15H,5-8H2,1-4H3/t15-/m0/s1. The minimum absolute atomic E-state index is 0.00208. The molecule has 0 N–H and O–H groups in total. The number of anilines is 1. The zero-order valence-corrected chi connectivity index (χ0v) is 13.3. The number of likely N-dealkylation sites (tertiary alicyclic amines) is 1. The van der Waals surface area contributed by atoms with Crippen LogP contribution in [0.3, 0.4) is 0 Å². The van der Waals surface area contributed by atoms with Gasteiger partial charge < -0.3 is 9.80 Å². The summed E-state index contributed by atoms with van der Waals surface area (Å²) in [7, 11) is 1.79. The van der Waals surface area contributed by atoms with Crippen LogP contribution in [0.1, 0.15) is 37.3 Å². The van der Waals surface area contributed by atoms with Crippen LogP contribution in [0.25, 0.3) is 0 Å². The molecule has 2 amide bonds. The fourth-order valence-corrected chi connectivity index (χ4v) is 3.02. The minimum atomic E-state index is -0.342. The van der Waals surface area contributed by atoms with Gasteiger partial charge in [0.1, 0.15) is 6.04 Å². The van der Waals surface area contributed by atoms with Gasteiger partial charge in [0, 0.05) is 25.7 Å². The number of aryl methyl sites for hydroxylation is 2. The molecule has 0 radical (unpaired) electrons. The van der Waals surface area contributed by atoms with Gasteiger partial charge in [-0.25, -0.2) is 0 Å². The zero-order valence-electron chi connectivity index (χ0n) is 13.3. The SMILES string of the molecule is CC[C@@H](C(=O)N(C)c1cc(C)cc(C)c1)N1CCCC1=O. The van der Waals surface area contributed by atoms with Gasteiger partial charge in [-0.1, -0.05) is 13.0 Å². The van der Waals surface area contributed by atoms with Crippen LogP contribution in [0.2, 0.25) is 0 Å². The summed E-state index contributed by atoms with van der Waals surface area (Å²) in [5.74, 6) is 0.0989. The van der Waals surface area contributed by atoms with Gasteiger partial charge in [-0.2, -0.15) is 0 Å². The van der Waals surface area contributed by atoms with E-state index in [-0.39, 0.29) is 17.9 Å². The van der Waals surface area contributed by atoms with Crippen LogP contribution in [-0.4, -0.2) is 36.3 Å². The van der Waals surface area contributed by atoms with Crippen LogP contribution < -0.4 is 4.90 Å². The van der Waals surface area contributed by atoms with Crippen molar-refractivity contribution in [3.05, 3.63) is 29.3 Å². The highest BCUT2D eigenvalue weighted by Gasteiger charge is 2.33. The van der Waals surface area contributed by atoms with Crippen LogP contribution in [0.15, 0.2) is 18.2 Å². The molecule has 1 aliphatic rings. The van der Waals surface area contributed by atoms with Crippen LogP contribution in [0, 0.1) is 13.8 Å². The summed E-state index contributed by atoms with van der Waals surface area (Å²) in [6.07, 6.45) is 2.08. The highest BCUT2D eigenvalue weighted by Crippen LogP contribution is 2.22. The van der Waals surface area contributed by atoms with E-state index in [0.717, 1.165) is 23.2 Å². The van der Waals surface area contributed by atoms with Crippen LogP contribution in [0.5, 0.6) is 0 Å². The molecular weight excluding hydrogens is 264 g/mol. The molecule has 0 bridgehead atoms. The van der Waals surface area contributed by atoms with Crippen molar-refractivity contribution < 1.29 is 9.59 Å². The third-order valence-corrected chi connectivity index (χ3v) is 4.08. The maximum absolute atomic E-state index is 12.8. The Morgan fingerprint density at radius 1 is 1.29 bits per heavy atom. The van der Waals surface area contributed by atoms with Crippen LogP contribution in [-0.2, 0) is 9.59 Å². The first-order valence-electron chi connectivity index (χ1n) is 7.59. The number of amides is 2. The molecule has 0 saturated carbocycles. The summed E-state index contributed by atoms with van der Waals surface area (Å²) in [4.78, 5) is 28.1. The van der Waals surface area contributed by atoms with E-state index < -0.39 is 0 Å². The molecule has 114 valence electrons. The Kier molecular flexibility index (Phi) is 4.66. The summed E-state index contributed by atoms with van der Waals surface area (Å²) in [6, 6.07) is 5.75. The van der Waals surface area contributed by atoms with E-state index >= 15 is 0 Å². The molecule has 0 unspecified atom stereocenters. The van der Waals surface area contributed by atoms with Crippen molar-refractivity contribution in [2.45, 2.75) is 46.1 Å². The van der Waals surface area contributed by atoms with Gasteiger partial charge in [0.2, 0.25) is 11.8 Å². The van der Waals surface area contributed by atoms with Gasteiger partial charge in [0.15, 0.2) is 0 Å². The number of hydrogen-bond acceptors (Lipinski definition) is 2. The van der Waals surface area contributed by atoms with Gasteiger partial charge in [0.25, 0.3) is 0 Å². The lowest BCUT2D eigenvalue weighted by atomic mass is 10.1. The molecular formula is C17H24N2O2. The van der Waals surface area contributed by atoms with Crippen molar-refractivity contribution in [3.8, 4) is 0 Å². The quantitative estimate of drug-likeness (QED) is 0.854. The minimum Gasteiger partial charge on any atom is -0.331 e. The Morgan fingerprint density at radius 3 is 2.38 bits per heavy atom. The number of benzene rings is 1. The Morgan fingerprint density at radius 2 is 1.90 bits per heavy atom. The third-order valence-electron chi connectivity index (χ3n) is 4.08. The number of hydrogen-bond donors (Lipinski definition) is 0. The Hall–Kier alpha value is -1.84. The molecule has 1 fully saturated rings. The predicted octanol–water partition coefficient (Wildman–Crippen LogP) is 2.67. The Bertz CT molecular complexity index is 533. The second kappa shape index (κ2) is 6.29. The van der Waals surface area contributed by atoms with Crippen molar-refractivity contribution in [1.82, 2.24) is 4.90 Å². The van der Waals surface area contributed by atoms with E-state index in [9.17, 15) is 9.59 Å². The average molecular weight is 288 g/mol. The van der Waals surface area contributed by atoms with E-state index in [1.165, 1.54) is 0 Å². The molecule has 1 aliphatic heterocycles. The molecule has 1 saturated heterocycles. The first-order chi connectivity index (χ1) is 9.93. The summed E-state index contributed by atoms with van der Waals surface area (Å²) in [6.45, 7) is 6.71. The van der Waals surface area contributed by atoms with Gasteiger partial charge in [-0.15, -0.1) is 0 Å². The molecule has 1 atom stereocenters. The number of nitrogens with zero attached hydrogens (tertiary/aromatic N) is 2. The largest absolute Gasteiger partial charge is 0.331 e. The van der Waals surface area contributed by atoms with Crippen molar-refractivity contribution in [3.63, 3.8) is 0 Å². The fraction of sp³-hybridized carbons (Fsp3) is 0.529. The van der Waals surface area contributed by atoms with E-state index in [4.69, 9.17) is 0 Å². The highest BCUT2D eigenvalue weighted by atomic mass is 16.2. The summed E-state index contributed by atoms with van der Waals surface area (Å²) < 4.78 is 0. The number of carbonyl (C=O) groups is 2. The van der Waals surface area contributed by atoms with Crippen LogP contribution in [0.4, 0.5) is 5.69 Å². The summed E-state index contributed by atoms with van der Waals surface area (Å²) >= 11 is 0. The first-order valence-corrected chi connectivity index (χ1v) is 7.59. The zero-order chi connectivity index (χ0) is 15.6. The van der Waals surface area contributed by atoms with E-state index in [0.29, 0.717) is 19.4 Å². The number of rotatable bonds is 4. The Labute approximate surface area is 126 Å². The average Bonchev–Trinajstić information content (AvgIpc) is 2.84. The maximum Gasteiger partial charge on any atom is 0.249 e. The number of likely N-dealkylation sites (N-methyl/N-ethyl adjacent to an activating group) is 1. The lowest BCUT2D eigenvalue weighted by molar-refractivity contribution is -0.136. The first kappa shape index (κ1) is 15.5. The molecule has 0 aromatic heterocycles. The number of carbonyl (C=O) groups excluding carboxylic acids is 2. The van der Waals surface area contributed by atoms with Gasteiger partial charge >= 0.3 is 0 Å². The van der Waals surface area contributed by atoms with E-state index in [2.05, 4.69) is 6.07 Å². The molecule has 1 aromatic rings. The molecule has 21 heavy (non-hydrogen) atoms. The molecule has 1 aromatic carbocycles. The maximum atomic E-state index is 12.8. The molecule has 4 nitrogen and oxygen atoms in total. The smallest absolute Gasteiger partial charge is 0.249 e. The molecule has 2 rings (SSSR count). The topological polar surface area (TPSA) is 40.6 Å². The molecule has 0 aliphatic carbocycles. The van der Waals surface area contributed by atoms with Crippen molar-refractivity contribution >= 4 is 17.5 Å². The van der Waals surface area contributed by atoms with Gasteiger partial charge in [-0.05, 0) is 49.9 Å². The van der Waals surface area contributed by atoms with Gasteiger partial charge in [0.05, 0.1) is 0 Å². The normalized spacial score (nSPS) is 16.2. The van der Waals surface area contributed by atoms with Crippen molar-refractivity contribution in [2.75, 3.05) is 18.5 Å². The molecule has 4 heteroatoms. The van der Waals surface area contributed by atoms with Gasteiger partial charge in [-0.3, -0.25) is 9.59 Å². The molecule has 0 spiro atoms. The van der Waals surface area contributed by atoms with E-state index in [1.54, 1.807) is 16.8 Å².